The molecule has 0 saturated carbocycles. The zero-order valence-corrected chi connectivity index (χ0v) is 20.7. The van der Waals surface area contributed by atoms with E-state index in [0.29, 0.717) is 36.9 Å². The Kier molecular flexibility index (Phi) is 8.56. The zero-order chi connectivity index (χ0) is 26.8. The molecule has 1 N–H and O–H groups in total. The van der Waals surface area contributed by atoms with E-state index in [0.717, 1.165) is 17.8 Å². The third-order valence-corrected chi connectivity index (χ3v) is 7.00. The maximum Gasteiger partial charge on any atom is 0.416 e. The first-order valence-electron chi connectivity index (χ1n) is 11.1. The maximum absolute atomic E-state index is 13.4. The molecule has 1 aromatic carbocycles. The van der Waals surface area contributed by atoms with Gasteiger partial charge in [0.2, 0.25) is 5.91 Å². The number of amides is 2. The summed E-state index contributed by atoms with van der Waals surface area (Å²) < 4.78 is 79.1. The average molecular weight is 537 g/mol. The minimum atomic E-state index is -4.91. The summed E-state index contributed by atoms with van der Waals surface area (Å²) in [6, 6.07) is 1.28. The van der Waals surface area contributed by atoms with Crippen LogP contribution in [0.4, 0.5) is 31.1 Å². The summed E-state index contributed by atoms with van der Waals surface area (Å²) >= 11 is 0.900. The lowest BCUT2D eigenvalue weighted by molar-refractivity contribution is -0.143. The SMILES string of the molecule is C[C@H](C(=O)NC1=NC(=O)S/C1=C\C1CCN(Cc2ccc(C(F)(F)F)cc2C(F)(F)F)CC1)N(C)C. The molecule has 0 radical (unpaired) electrons. The first kappa shape index (κ1) is 28.2. The first-order chi connectivity index (χ1) is 16.6. The van der Waals surface area contributed by atoms with E-state index < -0.39 is 34.8 Å². The van der Waals surface area contributed by atoms with Crippen molar-refractivity contribution in [3.8, 4) is 0 Å². The van der Waals surface area contributed by atoms with Crippen LogP contribution in [-0.4, -0.2) is 60.0 Å². The Morgan fingerprint density at radius 3 is 2.39 bits per heavy atom. The fourth-order valence-corrected chi connectivity index (χ4v) is 4.64. The molecule has 198 valence electrons. The molecule has 1 atom stereocenters. The minimum Gasteiger partial charge on any atom is -0.308 e. The second-order valence-corrected chi connectivity index (χ2v) is 9.96. The molecular formula is C23H26F6N4O2S. The van der Waals surface area contributed by atoms with Gasteiger partial charge in [0.1, 0.15) is 0 Å². The number of benzene rings is 1. The van der Waals surface area contributed by atoms with E-state index in [9.17, 15) is 35.9 Å². The molecule has 0 spiro atoms. The maximum atomic E-state index is 13.4. The molecule has 0 bridgehead atoms. The molecule has 13 heteroatoms. The summed E-state index contributed by atoms with van der Waals surface area (Å²) in [5.74, 6) is -0.129. The molecule has 36 heavy (non-hydrogen) atoms. The van der Waals surface area contributed by atoms with Crippen LogP contribution in [0.3, 0.4) is 0 Å². The molecular weight excluding hydrogens is 510 g/mol. The van der Waals surface area contributed by atoms with E-state index in [-0.39, 0.29) is 35.8 Å². The highest BCUT2D eigenvalue weighted by Gasteiger charge is 2.38. The van der Waals surface area contributed by atoms with Crippen LogP contribution in [0.5, 0.6) is 0 Å². The van der Waals surface area contributed by atoms with Gasteiger partial charge in [0, 0.05) is 6.54 Å². The van der Waals surface area contributed by atoms with Crippen molar-refractivity contribution in [2.45, 2.75) is 44.7 Å². The highest BCUT2D eigenvalue weighted by atomic mass is 32.2. The van der Waals surface area contributed by atoms with Crippen LogP contribution in [0.1, 0.15) is 36.5 Å². The molecule has 2 heterocycles. The molecule has 3 rings (SSSR count). The largest absolute Gasteiger partial charge is 0.416 e. The van der Waals surface area contributed by atoms with Gasteiger partial charge in [0.25, 0.3) is 0 Å². The monoisotopic (exact) mass is 536 g/mol. The molecule has 2 aliphatic rings. The Bertz CT molecular complexity index is 1060. The van der Waals surface area contributed by atoms with E-state index in [1.54, 1.807) is 30.8 Å². The third kappa shape index (κ3) is 7.10. The van der Waals surface area contributed by atoms with Crippen molar-refractivity contribution in [3.63, 3.8) is 0 Å². The first-order valence-corrected chi connectivity index (χ1v) is 12.0. The van der Waals surface area contributed by atoms with E-state index in [1.807, 2.05) is 6.08 Å². The van der Waals surface area contributed by atoms with Crippen LogP contribution >= 0.6 is 11.8 Å². The van der Waals surface area contributed by atoms with E-state index in [1.165, 1.54) is 0 Å². The fourth-order valence-electron chi connectivity index (χ4n) is 3.86. The average Bonchev–Trinajstić information content (AvgIpc) is 3.11. The van der Waals surface area contributed by atoms with Gasteiger partial charge in [-0.3, -0.25) is 19.4 Å². The number of carbonyl (C=O) groups is 2. The van der Waals surface area contributed by atoms with Crippen molar-refractivity contribution in [1.29, 1.82) is 0 Å². The van der Waals surface area contributed by atoms with Crippen LogP contribution in [0.15, 0.2) is 34.2 Å². The Balaban J connectivity index is 1.65. The third-order valence-electron chi connectivity index (χ3n) is 6.19. The number of carbonyl (C=O) groups excluding carboxylic acids is 2. The van der Waals surface area contributed by atoms with Crippen molar-refractivity contribution in [1.82, 2.24) is 15.1 Å². The number of hydrogen-bond donors (Lipinski definition) is 1. The highest BCUT2D eigenvalue weighted by Crippen LogP contribution is 2.38. The number of allylic oxidation sites excluding steroid dienone is 1. The van der Waals surface area contributed by atoms with Crippen molar-refractivity contribution >= 4 is 28.7 Å². The van der Waals surface area contributed by atoms with Crippen LogP contribution in [-0.2, 0) is 23.7 Å². The lowest BCUT2D eigenvalue weighted by atomic mass is 9.95. The molecule has 1 aromatic rings. The van der Waals surface area contributed by atoms with Crippen molar-refractivity contribution in [3.05, 3.63) is 45.9 Å². The van der Waals surface area contributed by atoms with Gasteiger partial charge >= 0.3 is 17.6 Å². The van der Waals surface area contributed by atoms with Crippen LogP contribution in [0.2, 0.25) is 0 Å². The topological polar surface area (TPSA) is 65.0 Å². The Hall–Kier alpha value is -2.38. The number of amidine groups is 1. The molecule has 2 amide bonds. The van der Waals surface area contributed by atoms with Gasteiger partial charge in [0.05, 0.1) is 22.1 Å². The van der Waals surface area contributed by atoms with E-state index in [2.05, 4.69) is 10.3 Å². The van der Waals surface area contributed by atoms with Crippen molar-refractivity contribution in [2.24, 2.45) is 10.9 Å². The number of hydrogen-bond acceptors (Lipinski definition) is 5. The predicted molar refractivity (Wildman–Crippen MR) is 124 cm³/mol. The van der Waals surface area contributed by atoms with Crippen LogP contribution in [0, 0.1) is 5.92 Å². The number of nitrogens with one attached hydrogen (secondary N) is 1. The van der Waals surface area contributed by atoms with Crippen molar-refractivity contribution in [2.75, 3.05) is 27.2 Å². The summed E-state index contributed by atoms with van der Waals surface area (Å²) in [6.07, 6.45) is -6.80. The Labute approximate surface area is 208 Å². The number of alkyl halides is 6. The number of likely N-dealkylation sites (N-methyl/N-ethyl adjacent to an activating group) is 1. The summed E-state index contributed by atoms with van der Waals surface area (Å²) in [5.41, 5.74) is -2.83. The van der Waals surface area contributed by atoms with Crippen molar-refractivity contribution < 1.29 is 35.9 Å². The van der Waals surface area contributed by atoms with Gasteiger partial charge in [0.15, 0.2) is 5.84 Å². The van der Waals surface area contributed by atoms with Crippen LogP contribution < -0.4 is 5.32 Å². The number of nitrogens with zero attached hydrogens (tertiary/aromatic N) is 3. The molecule has 2 aliphatic heterocycles. The summed E-state index contributed by atoms with van der Waals surface area (Å²) in [6.45, 7) is 2.41. The number of rotatable bonds is 5. The molecule has 0 unspecified atom stereocenters. The summed E-state index contributed by atoms with van der Waals surface area (Å²) in [4.78, 5) is 32.1. The number of halogens is 6. The number of thioether (sulfide) groups is 1. The van der Waals surface area contributed by atoms with Gasteiger partial charge in [-0.25, -0.2) is 0 Å². The van der Waals surface area contributed by atoms with Gasteiger partial charge < -0.3 is 5.32 Å². The molecule has 1 saturated heterocycles. The summed E-state index contributed by atoms with van der Waals surface area (Å²) in [5, 5.41) is 2.22. The van der Waals surface area contributed by atoms with Gasteiger partial charge in [-0.2, -0.15) is 31.3 Å². The predicted octanol–water partition coefficient (Wildman–Crippen LogP) is 5.15. The standard InChI is InChI=1S/C23H26F6N4O2S/c1-13(32(2)3)20(34)30-19-18(36-21(35)31-19)10-14-6-8-33(9-7-14)12-15-4-5-16(22(24,25)26)11-17(15)23(27,28)29/h4-5,10-11,13-14H,6-9,12H2,1-3H3,(H,30,31,34,35)/b18-10-/t13-/m1/s1. The summed E-state index contributed by atoms with van der Waals surface area (Å²) in [7, 11) is 3.49. The normalized spacial score (nSPS) is 20.2. The number of likely N-dealkylation sites (tertiary alicyclic amines) is 1. The van der Waals surface area contributed by atoms with Gasteiger partial charge in [-0.1, -0.05) is 12.1 Å². The van der Waals surface area contributed by atoms with E-state index >= 15 is 0 Å². The molecule has 1 fully saturated rings. The second-order valence-electron chi connectivity index (χ2n) is 8.97. The lowest BCUT2D eigenvalue weighted by Gasteiger charge is -2.31. The number of aliphatic imine (C=N–C) groups is 1. The van der Waals surface area contributed by atoms with Gasteiger partial charge in [-0.15, -0.1) is 0 Å². The molecule has 0 aliphatic carbocycles. The Morgan fingerprint density at radius 1 is 1.19 bits per heavy atom. The number of piperidine rings is 1. The molecule has 0 aromatic heterocycles. The fraction of sp³-hybridized carbons (Fsp3) is 0.522. The second kappa shape index (κ2) is 10.9. The lowest BCUT2D eigenvalue weighted by Crippen LogP contribution is -2.44. The smallest absolute Gasteiger partial charge is 0.308 e. The zero-order valence-electron chi connectivity index (χ0n) is 19.8. The molecule has 6 nitrogen and oxygen atoms in total. The van der Waals surface area contributed by atoms with E-state index in [4.69, 9.17) is 0 Å². The van der Waals surface area contributed by atoms with Crippen LogP contribution in [0.25, 0.3) is 0 Å². The minimum absolute atomic E-state index is 0.00211. The quantitative estimate of drug-likeness (QED) is 0.528. The highest BCUT2D eigenvalue weighted by molar-refractivity contribution is 8.18. The Morgan fingerprint density at radius 2 is 1.83 bits per heavy atom. The van der Waals surface area contributed by atoms with Gasteiger partial charge in [-0.05, 0) is 82.3 Å².